The Morgan fingerprint density at radius 1 is 1.08 bits per heavy atom. The summed E-state index contributed by atoms with van der Waals surface area (Å²) < 4.78 is 1.77. The maximum absolute atomic E-state index is 12.4. The van der Waals surface area contributed by atoms with E-state index in [1.165, 1.54) is 0 Å². The van der Waals surface area contributed by atoms with Crippen LogP contribution >= 0.6 is 23.2 Å². The third-order valence-corrected chi connectivity index (χ3v) is 4.58. The number of carbonyl (C=O) groups is 1. The molecule has 0 bridgehead atoms. The van der Waals surface area contributed by atoms with Crippen LogP contribution in [0.3, 0.4) is 0 Å². The summed E-state index contributed by atoms with van der Waals surface area (Å²) in [7, 11) is 1.77. The Morgan fingerprint density at radius 2 is 1.84 bits per heavy atom. The van der Waals surface area contributed by atoms with E-state index < -0.39 is 0 Å². The van der Waals surface area contributed by atoms with Gasteiger partial charge in [0.25, 0.3) is 0 Å². The van der Waals surface area contributed by atoms with Crippen LogP contribution in [0.1, 0.15) is 11.1 Å². The van der Waals surface area contributed by atoms with Crippen LogP contribution in [0.5, 0.6) is 0 Å². The molecule has 0 unspecified atom stereocenters. The van der Waals surface area contributed by atoms with E-state index in [9.17, 15) is 4.79 Å². The normalized spacial score (nSPS) is 10.7. The molecule has 25 heavy (non-hydrogen) atoms. The molecule has 0 N–H and O–H groups in total. The molecule has 3 rings (SSSR count). The highest BCUT2D eigenvalue weighted by molar-refractivity contribution is 6.42. The molecule has 1 aromatic heterocycles. The molecule has 0 aliphatic rings. The van der Waals surface area contributed by atoms with E-state index in [4.69, 9.17) is 23.2 Å². The molecule has 2 aromatic carbocycles. The first kappa shape index (κ1) is 17.5. The second-order valence-electron chi connectivity index (χ2n) is 5.80. The number of amides is 1. The predicted octanol–water partition coefficient (Wildman–Crippen LogP) is 4.38. The van der Waals surface area contributed by atoms with E-state index in [0.29, 0.717) is 23.0 Å². The van der Waals surface area contributed by atoms with Gasteiger partial charge < -0.3 is 4.90 Å². The lowest BCUT2D eigenvalue weighted by atomic mass is 10.2. The van der Waals surface area contributed by atoms with Gasteiger partial charge >= 0.3 is 0 Å². The minimum absolute atomic E-state index is 0.0127. The van der Waals surface area contributed by atoms with Crippen LogP contribution in [0.25, 0.3) is 5.69 Å². The van der Waals surface area contributed by atoms with Gasteiger partial charge in [0.2, 0.25) is 5.91 Å². The summed E-state index contributed by atoms with van der Waals surface area (Å²) in [5.74, 6) is 0.0127. The van der Waals surface area contributed by atoms with Crippen LogP contribution in [0.2, 0.25) is 10.0 Å². The number of rotatable bonds is 5. The summed E-state index contributed by atoms with van der Waals surface area (Å²) in [6, 6.07) is 15.2. The smallest absolute Gasteiger partial charge is 0.227 e. The van der Waals surface area contributed by atoms with Gasteiger partial charge in [-0.3, -0.25) is 4.79 Å². The zero-order valence-electron chi connectivity index (χ0n) is 13.7. The van der Waals surface area contributed by atoms with Gasteiger partial charge in [0.05, 0.1) is 28.4 Å². The van der Waals surface area contributed by atoms with Crippen molar-refractivity contribution < 1.29 is 4.79 Å². The summed E-state index contributed by atoms with van der Waals surface area (Å²) >= 11 is 11.9. The molecule has 1 amide bonds. The Morgan fingerprint density at radius 3 is 2.56 bits per heavy atom. The number of para-hydroxylation sites is 1. The number of hydrogen-bond donors (Lipinski definition) is 0. The molecule has 6 heteroatoms. The zero-order chi connectivity index (χ0) is 17.8. The number of carbonyl (C=O) groups excluding carboxylic acids is 1. The summed E-state index contributed by atoms with van der Waals surface area (Å²) in [5.41, 5.74) is 2.77. The molecule has 3 aromatic rings. The van der Waals surface area contributed by atoms with Gasteiger partial charge in [0.15, 0.2) is 0 Å². The van der Waals surface area contributed by atoms with E-state index in [0.717, 1.165) is 16.8 Å². The third kappa shape index (κ3) is 4.41. The average Bonchev–Trinajstić information content (AvgIpc) is 3.07. The highest BCUT2D eigenvalue weighted by atomic mass is 35.5. The largest absolute Gasteiger partial charge is 0.341 e. The van der Waals surface area contributed by atoms with Gasteiger partial charge in [0.1, 0.15) is 0 Å². The van der Waals surface area contributed by atoms with Crippen LogP contribution in [0.4, 0.5) is 0 Å². The SMILES string of the molecule is CN(Cc1ccc(Cl)c(Cl)c1)C(=O)Cc1cnn(-c2ccccc2)c1. The molecule has 0 aliphatic carbocycles. The molecule has 4 nitrogen and oxygen atoms in total. The van der Waals surface area contributed by atoms with Crippen LogP contribution in [-0.4, -0.2) is 27.6 Å². The molecular formula is C19H17Cl2N3O. The van der Waals surface area contributed by atoms with Crippen molar-refractivity contribution in [3.8, 4) is 5.69 Å². The zero-order valence-corrected chi connectivity index (χ0v) is 15.2. The van der Waals surface area contributed by atoms with Crippen molar-refractivity contribution in [1.29, 1.82) is 0 Å². The van der Waals surface area contributed by atoms with Crippen molar-refractivity contribution in [2.45, 2.75) is 13.0 Å². The number of likely N-dealkylation sites (N-methyl/N-ethyl adjacent to an activating group) is 1. The first-order chi connectivity index (χ1) is 12.0. The van der Waals surface area contributed by atoms with E-state index in [2.05, 4.69) is 5.10 Å². The Labute approximate surface area is 156 Å². The topological polar surface area (TPSA) is 38.1 Å². The fourth-order valence-corrected chi connectivity index (χ4v) is 2.80. The lowest BCUT2D eigenvalue weighted by Gasteiger charge is -2.17. The van der Waals surface area contributed by atoms with E-state index >= 15 is 0 Å². The highest BCUT2D eigenvalue weighted by Gasteiger charge is 2.12. The van der Waals surface area contributed by atoms with Crippen molar-refractivity contribution in [1.82, 2.24) is 14.7 Å². The summed E-state index contributed by atoms with van der Waals surface area (Å²) in [6.45, 7) is 0.475. The van der Waals surface area contributed by atoms with E-state index in [-0.39, 0.29) is 5.91 Å². The molecular weight excluding hydrogens is 357 g/mol. The molecule has 0 atom stereocenters. The standard InChI is InChI=1S/C19H17Cl2N3O/c1-23(12-14-7-8-17(20)18(21)9-14)19(25)10-15-11-22-24(13-15)16-5-3-2-4-6-16/h2-9,11,13H,10,12H2,1H3. The fourth-order valence-electron chi connectivity index (χ4n) is 2.48. The molecule has 0 radical (unpaired) electrons. The minimum Gasteiger partial charge on any atom is -0.341 e. The molecule has 0 saturated heterocycles. The maximum Gasteiger partial charge on any atom is 0.227 e. The minimum atomic E-state index is 0.0127. The molecule has 0 saturated carbocycles. The number of halogens is 2. The Bertz CT molecular complexity index is 877. The van der Waals surface area contributed by atoms with Crippen molar-refractivity contribution in [3.63, 3.8) is 0 Å². The van der Waals surface area contributed by atoms with E-state index in [1.54, 1.807) is 35.0 Å². The lowest BCUT2D eigenvalue weighted by Crippen LogP contribution is -2.27. The second kappa shape index (κ2) is 7.72. The van der Waals surface area contributed by atoms with Crippen molar-refractivity contribution in [2.24, 2.45) is 0 Å². The Hall–Kier alpha value is -2.30. The van der Waals surface area contributed by atoms with Crippen LogP contribution in [0, 0.1) is 0 Å². The number of hydrogen-bond acceptors (Lipinski definition) is 2. The van der Waals surface area contributed by atoms with Crippen LogP contribution < -0.4 is 0 Å². The van der Waals surface area contributed by atoms with Gasteiger partial charge in [-0.2, -0.15) is 5.10 Å². The van der Waals surface area contributed by atoms with Crippen LogP contribution in [0.15, 0.2) is 60.9 Å². The van der Waals surface area contributed by atoms with Crippen LogP contribution in [-0.2, 0) is 17.8 Å². The van der Waals surface area contributed by atoms with E-state index in [1.807, 2.05) is 42.6 Å². The summed E-state index contributed by atoms with van der Waals surface area (Å²) in [4.78, 5) is 14.1. The van der Waals surface area contributed by atoms with Crippen molar-refractivity contribution >= 4 is 29.1 Å². The lowest BCUT2D eigenvalue weighted by molar-refractivity contribution is -0.129. The van der Waals surface area contributed by atoms with Gasteiger partial charge in [0, 0.05) is 19.8 Å². The predicted molar refractivity (Wildman–Crippen MR) is 100 cm³/mol. The highest BCUT2D eigenvalue weighted by Crippen LogP contribution is 2.23. The number of nitrogens with zero attached hydrogens (tertiary/aromatic N) is 3. The summed E-state index contributed by atoms with van der Waals surface area (Å²) in [6.07, 6.45) is 3.89. The maximum atomic E-state index is 12.4. The second-order valence-corrected chi connectivity index (χ2v) is 6.62. The number of aromatic nitrogens is 2. The quantitative estimate of drug-likeness (QED) is 0.665. The van der Waals surface area contributed by atoms with Crippen molar-refractivity contribution in [2.75, 3.05) is 7.05 Å². The van der Waals surface area contributed by atoms with Crippen molar-refractivity contribution in [3.05, 3.63) is 82.1 Å². The Balaban J connectivity index is 1.63. The monoisotopic (exact) mass is 373 g/mol. The van der Waals surface area contributed by atoms with Gasteiger partial charge in [-0.25, -0.2) is 4.68 Å². The molecule has 0 spiro atoms. The van der Waals surface area contributed by atoms with Gasteiger partial charge in [-0.05, 0) is 35.4 Å². The van der Waals surface area contributed by atoms with Gasteiger partial charge in [-0.15, -0.1) is 0 Å². The summed E-state index contributed by atoms with van der Waals surface area (Å²) in [5, 5.41) is 5.32. The van der Waals surface area contributed by atoms with Gasteiger partial charge in [-0.1, -0.05) is 47.5 Å². The first-order valence-corrected chi connectivity index (χ1v) is 8.55. The molecule has 0 fully saturated rings. The fraction of sp³-hybridized carbons (Fsp3) is 0.158. The third-order valence-electron chi connectivity index (χ3n) is 3.84. The average molecular weight is 374 g/mol. The molecule has 1 heterocycles. The number of benzene rings is 2. The molecule has 128 valence electrons. The Kier molecular flexibility index (Phi) is 5.41. The first-order valence-electron chi connectivity index (χ1n) is 7.80. The molecule has 0 aliphatic heterocycles.